The first-order chi connectivity index (χ1) is 8.11. The molecule has 0 amide bonds. The molecule has 3 N–H and O–H groups in total. The number of aromatic nitrogens is 2. The van der Waals surface area contributed by atoms with E-state index in [0.29, 0.717) is 22.0 Å². The van der Waals surface area contributed by atoms with Crippen LogP contribution < -0.4 is 16.0 Å². The Balaban J connectivity index is 2.62. The van der Waals surface area contributed by atoms with Crippen LogP contribution >= 0.6 is 11.6 Å². The molecule has 0 bridgehead atoms. The number of benzene rings is 1. The molecule has 0 unspecified atom stereocenters. The van der Waals surface area contributed by atoms with Crippen LogP contribution in [0.2, 0.25) is 5.02 Å². The molecule has 0 aliphatic rings. The van der Waals surface area contributed by atoms with E-state index < -0.39 is 5.56 Å². The molecule has 17 heavy (non-hydrogen) atoms. The van der Waals surface area contributed by atoms with Crippen molar-refractivity contribution < 1.29 is 4.74 Å². The first-order valence-corrected chi connectivity index (χ1v) is 5.18. The Kier molecular flexibility index (Phi) is 3.01. The van der Waals surface area contributed by atoms with E-state index in [-0.39, 0.29) is 5.69 Å². The van der Waals surface area contributed by atoms with Gasteiger partial charge < -0.3 is 10.5 Å². The van der Waals surface area contributed by atoms with E-state index in [4.69, 9.17) is 22.1 Å². The van der Waals surface area contributed by atoms with Crippen LogP contribution in [-0.2, 0) is 0 Å². The summed E-state index contributed by atoms with van der Waals surface area (Å²) in [7, 11) is 1.54. The number of nitrogens with zero attached hydrogens (tertiary/aromatic N) is 1. The second kappa shape index (κ2) is 4.47. The zero-order valence-electron chi connectivity index (χ0n) is 9.03. The maximum absolute atomic E-state index is 11.1. The molecular formula is C11H10ClN3O2. The number of anilines is 1. The molecule has 0 atom stereocenters. The normalized spacial score (nSPS) is 10.2. The van der Waals surface area contributed by atoms with Crippen molar-refractivity contribution >= 4 is 17.3 Å². The molecule has 0 spiro atoms. The minimum atomic E-state index is -0.422. The highest BCUT2D eigenvalue weighted by atomic mass is 35.5. The topological polar surface area (TPSA) is 81.0 Å². The summed E-state index contributed by atoms with van der Waals surface area (Å²) < 4.78 is 5.19. The van der Waals surface area contributed by atoms with Crippen molar-refractivity contribution in [3.8, 4) is 17.0 Å². The van der Waals surface area contributed by atoms with Gasteiger partial charge in [-0.3, -0.25) is 4.79 Å². The van der Waals surface area contributed by atoms with Crippen LogP contribution in [0.4, 0.5) is 5.69 Å². The van der Waals surface area contributed by atoms with Gasteiger partial charge in [0.25, 0.3) is 5.56 Å². The van der Waals surface area contributed by atoms with Crippen molar-refractivity contribution in [3.05, 3.63) is 39.6 Å². The van der Waals surface area contributed by atoms with Crippen molar-refractivity contribution in [2.75, 3.05) is 12.8 Å². The summed E-state index contributed by atoms with van der Waals surface area (Å²) in [4.78, 5) is 11.1. The Hall–Kier alpha value is -2.01. The van der Waals surface area contributed by atoms with E-state index in [0.717, 1.165) is 0 Å². The van der Waals surface area contributed by atoms with Gasteiger partial charge >= 0.3 is 0 Å². The summed E-state index contributed by atoms with van der Waals surface area (Å²) in [6.07, 6.45) is 0. The Bertz CT molecular complexity index is 610. The van der Waals surface area contributed by atoms with Crippen LogP contribution in [0.15, 0.2) is 29.1 Å². The quantitative estimate of drug-likeness (QED) is 0.851. The highest BCUT2D eigenvalue weighted by molar-refractivity contribution is 6.30. The van der Waals surface area contributed by atoms with Gasteiger partial charge in [-0.15, -0.1) is 0 Å². The van der Waals surface area contributed by atoms with E-state index >= 15 is 0 Å². The van der Waals surface area contributed by atoms with Gasteiger partial charge in [0.15, 0.2) is 0 Å². The molecule has 2 rings (SSSR count). The molecular weight excluding hydrogens is 242 g/mol. The predicted molar refractivity (Wildman–Crippen MR) is 66.3 cm³/mol. The molecule has 0 radical (unpaired) electrons. The van der Waals surface area contributed by atoms with E-state index in [1.165, 1.54) is 6.07 Å². The van der Waals surface area contributed by atoms with E-state index in [1.807, 2.05) is 0 Å². The van der Waals surface area contributed by atoms with Crippen molar-refractivity contribution in [1.29, 1.82) is 0 Å². The minimum absolute atomic E-state index is 0.0945. The summed E-state index contributed by atoms with van der Waals surface area (Å²) >= 11 is 5.91. The highest BCUT2D eigenvalue weighted by Gasteiger charge is 2.09. The summed E-state index contributed by atoms with van der Waals surface area (Å²) in [5.41, 5.74) is 6.37. The monoisotopic (exact) mass is 251 g/mol. The largest absolute Gasteiger partial charge is 0.496 e. The maximum atomic E-state index is 11.1. The number of halogens is 1. The van der Waals surface area contributed by atoms with E-state index in [1.54, 1.807) is 25.3 Å². The zero-order chi connectivity index (χ0) is 12.4. The average Bonchev–Trinajstić information content (AvgIpc) is 2.32. The van der Waals surface area contributed by atoms with E-state index in [2.05, 4.69) is 10.2 Å². The lowest BCUT2D eigenvalue weighted by molar-refractivity contribution is 0.416. The molecule has 1 aromatic heterocycles. The molecule has 1 aromatic carbocycles. The van der Waals surface area contributed by atoms with Gasteiger partial charge in [0.1, 0.15) is 11.4 Å². The fraction of sp³-hybridized carbons (Fsp3) is 0.0909. The fourth-order valence-electron chi connectivity index (χ4n) is 1.44. The summed E-state index contributed by atoms with van der Waals surface area (Å²) in [5, 5.41) is 6.76. The van der Waals surface area contributed by atoms with Gasteiger partial charge in [-0.2, -0.15) is 5.10 Å². The lowest BCUT2D eigenvalue weighted by Gasteiger charge is -2.08. The number of rotatable bonds is 2. The number of aromatic amines is 1. The Morgan fingerprint density at radius 1 is 1.41 bits per heavy atom. The zero-order valence-corrected chi connectivity index (χ0v) is 9.78. The summed E-state index contributed by atoms with van der Waals surface area (Å²) in [5.74, 6) is 0.605. The number of nitrogens with one attached hydrogen (secondary N) is 1. The maximum Gasteiger partial charge on any atom is 0.287 e. The Labute approximate surface area is 102 Å². The lowest BCUT2D eigenvalue weighted by atomic mass is 10.1. The number of hydrogen-bond donors (Lipinski definition) is 2. The fourth-order valence-corrected chi connectivity index (χ4v) is 1.61. The Morgan fingerprint density at radius 3 is 2.82 bits per heavy atom. The second-order valence-corrected chi connectivity index (χ2v) is 3.82. The second-order valence-electron chi connectivity index (χ2n) is 3.38. The molecule has 0 fully saturated rings. The minimum Gasteiger partial charge on any atom is -0.496 e. The third-order valence-corrected chi connectivity index (χ3v) is 2.50. The SMILES string of the molecule is COc1ccc(Cl)cc1-c1cc(N)c(=O)[nH]n1. The van der Waals surface area contributed by atoms with Crippen molar-refractivity contribution in [2.24, 2.45) is 0 Å². The third-order valence-electron chi connectivity index (χ3n) is 2.27. The Morgan fingerprint density at radius 2 is 2.18 bits per heavy atom. The van der Waals surface area contributed by atoms with Crippen LogP contribution in [0.3, 0.4) is 0 Å². The molecule has 1 heterocycles. The number of nitrogens with two attached hydrogens (primary N) is 1. The smallest absolute Gasteiger partial charge is 0.287 e. The predicted octanol–water partition coefficient (Wildman–Crippen LogP) is 1.68. The molecule has 6 heteroatoms. The molecule has 0 saturated heterocycles. The van der Waals surface area contributed by atoms with Crippen LogP contribution in [0.1, 0.15) is 0 Å². The highest BCUT2D eigenvalue weighted by Crippen LogP contribution is 2.31. The molecule has 5 nitrogen and oxygen atoms in total. The van der Waals surface area contributed by atoms with Crippen LogP contribution in [0.25, 0.3) is 11.3 Å². The number of nitrogen functional groups attached to an aromatic ring is 1. The molecule has 2 aromatic rings. The number of H-pyrrole nitrogens is 1. The number of hydrogen-bond acceptors (Lipinski definition) is 4. The van der Waals surface area contributed by atoms with Crippen LogP contribution in [0.5, 0.6) is 5.75 Å². The first-order valence-electron chi connectivity index (χ1n) is 4.81. The van der Waals surface area contributed by atoms with Crippen LogP contribution in [0, 0.1) is 0 Å². The van der Waals surface area contributed by atoms with Gasteiger partial charge in [-0.05, 0) is 24.3 Å². The van der Waals surface area contributed by atoms with Crippen LogP contribution in [-0.4, -0.2) is 17.3 Å². The van der Waals surface area contributed by atoms with Crippen molar-refractivity contribution in [1.82, 2.24) is 10.2 Å². The lowest BCUT2D eigenvalue weighted by Crippen LogP contribution is -2.13. The molecule has 0 saturated carbocycles. The third kappa shape index (κ3) is 2.24. The summed E-state index contributed by atoms with van der Waals surface area (Å²) in [6.45, 7) is 0. The van der Waals surface area contributed by atoms with Gasteiger partial charge in [0.2, 0.25) is 0 Å². The van der Waals surface area contributed by atoms with Gasteiger partial charge in [0.05, 0.1) is 12.8 Å². The van der Waals surface area contributed by atoms with Gasteiger partial charge in [-0.1, -0.05) is 11.6 Å². The first kappa shape index (κ1) is 11.5. The number of methoxy groups -OCH3 is 1. The standard InChI is InChI=1S/C11H10ClN3O2/c1-17-10-3-2-6(12)4-7(10)9-5-8(13)11(16)15-14-9/h2-5H,1H3,(H2,13,14)(H,15,16). The number of ether oxygens (including phenoxy) is 1. The van der Waals surface area contributed by atoms with Gasteiger partial charge in [-0.25, -0.2) is 5.10 Å². The molecule has 88 valence electrons. The summed E-state index contributed by atoms with van der Waals surface area (Å²) in [6, 6.07) is 6.60. The van der Waals surface area contributed by atoms with E-state index in [9.17, 15) is 4.79 Å². The van der Waals surface area contributed by atoms with Crippen molar-refractivity contribution in [2.45, 2.75) is 0 Å². The molecule has 0 aliphatic heterocycles. The van der Waals surface area contributed by atoms with Crippen molar-refractivity contribution in [3.63, 3.8) is 0 Å². The van der Waals surface area contributed by atoms with Gasteiger partial charge in [0, 0.05) is 10.6 Å². The average molecular weight is 252 g/mol. The molecule has 0 aliphatic carbocycles.